The number of methoxy groups -OCH3 is 1. The second-order valence-electron chi connectivity index (χ2n) is 4.84. The van der Waals surface area contributed by atoms with E-state index in [1.54, 1.807) is 24.3 Å². The third-order valence-corrected chi connectivity index (χ3v) is 6.75. The lowest BCUT2D eigenvalue weighted by Crippen LogP contribution is -2.02. The number of H-pyrrole nitrogens is 1. The van der Waals surface area contributed by atoms with Gasteiger partial charge in [-0.1, -0.05) is 6.07 Å². The van der Waals surface area contributed by atoms with Crippen molar-refractivity contribution in [2.75, 3.05) is 13.7 Å². The lowest BCUT2D eigenvalue weighted by atomic mass is 10.2. The Balaban J connectivity index is 2.08. The SMILES string of the molecule is COc1cccc(S(=O)(=O)c2cc3c(CCN)c[nH]c3s2)c1. The van der Waals surface area contributed by atoms with Crippen LogP contribution in [-0.2, 0) is 16.3 Å². The molecule has 5 nitrogen and oxygen atoms in total. The Morgan fingerprint density at radius 3 is 2.86 bits per heavy atom. The molecule has 1 aromatic carbocycles. The van der Waals surface area contributed by atoms with Gasteiger partial charge >= 0.3 is 0 Å². The van der Waals surface area contributed by atoms with Gasteiger partial charge in [-0.15, -0.1) is 11.3 Å². The molecule has 0 atom stereocenters. The molecule has 2 aromatic heterocycles. The van der Waals surface area contributed by atoms with Crippen molar-refractivity contribution in [3.63, 3.8) is 0 Å². The number of thiophene rings is 1. The van der Waals surface area contributed by atoms with Crippen molar-refractivity contribution in [3.05, 3.63) is 42.1 Å². The number of rotatable bonds is 5. The first-order valence-electron chi connectivity index (χ1n) is 6.75. The molecule has 3 N–H and O–H groups in total. The predicted molar refractivity (Wildman–Crippen MR) is 87.4 cm³/mol. The maximum Gasteiger partial charge on any atom is 0.216 e. The van der Waals surface area contributed by atoms with E-state index < -0.39 is 9.84 Å². The summed E-state index contributed by atoms with van der Waals surface area (Å²) in [6, 6.07) is 8.22. The predicted octanol–water partition coefficient (Wildman–Crippen LogP) is 2.57. The third-order valence-electron chi connectivity index (χ3n) is 3.46. The second-order valence-corrected chi connectivity index (χ2v) is 8.07. The fraction of sp³-hybridized carbons (Fsp3) is 0.200. The number of hydrogen-bond acceptors (Lipinski definition) is 5. The van der Waals surface area contributed by atoms with Crippen molar-refractivity contribution < 1.29 is 13.2 Å². The molecule has 0 spiro atoms. The van der Waals surface area contributed by atoms with Crippen LogP contribution in [0.3, 0.4) is 0 Å². The summed E-state index contributed by atoms with van der Waals surface area (Å²) in [6.07, 6.45) is 2.60. The Labute approximate surface area is 132 Å². The molecule has 3 aromatic rings. The van der Waals surface area contributed by atoms with E-state index in [2.05, 4.69) is 4.98 Å². The number of benzene rings is 1. The Hall–Kier alpha value is -1.83. The van der Waals surface area contributed by atoms with Crippen molar-refractivity contribution in [3.8, 4) is 5.75 Å². The van der Waals surface area contributed by atoms with Crippen LogP contribution in [0.15, 0.2) is 45.6 Å². The van der Waals surface area contributed by atoms with Crippen LogP contribution in [0.1, 0.15) is 5.56 Å². The summed E-state index contributed by atoms with van der Waals surface area (Å²) in [5.41, 5.74) is 6.63. The monoisotopic (exact) mass is 336 g/mol. The Morgan fingerprint density at radius 2 is 2.14 bits per heavy atom. The molecule has 3 rings (SSSR count). The van der Waals surface area contributed by atoms with Crippen molar-refractivity contribution >= 4 is 31.4 Å². The van der Waals surface area contributed by atoms with Crippen molar-refractivity contribution in [1.82, 2.24) is 4.98 Å². The van der Waals surface area contributed by atoms with E-state index in [4.69, 9.17) is 10.5 Å². The minimum absolute atomic E-state index is 0.233. The van der Waals surface area contributed by atoms with E-state index in [0.717, 1.165) is 22.2 Å². The molecule has 0 bridgehead atoms. The first-order chi connectivity index (χ1) is 10.6. The Kier molecular flexibility index (Phi) is 3.94. The fourth-order valence-corrected chi connectivity index (χ4v) is 5.13. The van der Waals surface area contributed by atoms with Gasteiger partial charge < -0.3 is 15.5 Å². The maximum absolute atomic E-state index is 12.8. The summed E-state index contributed by atoms with van der Waals surface area (Å²) >= 11 is 1.23. The molecule has 0 aliphatic rings. The molecule has 0 aliphatic carbocycles. The number of ether oxygens (including phenoxy) is 1. The molecule has 2 heterocycles. The molecule has 0 radical (unpaired) electrons. The van der Waals surface area contributed by atoms with Gasteiger partial charge in [-0.05, 0) is 42.8 Å². The molecule has 0 aliphatic heterocycles. The van der Waals surface area contributed by atoms with Crippen LogP contribution in [0.5, 0.6) is 5.75 Å². The Morgan fingerprint density at radius 1 is 1.32 bits per heavy atom. The van der Waals surface area contributed by atoms with Crippen LogP contribution in [0, 0.1) is 0 Å². The van der Waals surface area contributed by atoms with Crippen LogP contribution in [0.4, 0.5) is 0 Å². The lowest BCUT2D eigenvalue weighted by molar-refractivity contribution is 0.413. The van der Waals surface area contributed by atoms with Crippen molar-refractivity contribution in [2.45, 2.75) is 15.5 Å². The number of sulfone groups is 1. The summed E-state index contributed by atoms with van der Waals surface area (Å²) in [7, 11) is -2.03. The highest BCUT2D eigenvalue weighted by Crippen LogP contribution is 2.34. The molecule has 0 unspecified atom stereocenters. The van der Waals surface area contributed by atoms with Gasteiger partial charge in [0, 0.05) is 11.6 Å². The minimum atomic E-state index is -3.55. The zero-order valence-electron chi connectivity index (χ0n) is 12.0. The van der Waals surface area contributed by atoms with Gasteiger partial charge in [-0.3, -0.25) is 0 Å². The molecule has 22 heavy (non-hydrogen) atoms. The van der Waals surface area contributed by atoms with Crippen LogP contribution in [0.2, 0.25) is 0 Å². The van der Waals surface area contributed by atoms with E-state index in [1.165, 1.54) is 24.5 Å². The molecular weight excluding hydrogens is 320 g/mol. The Bertz CT molecular complexity index is 910. The molecule has 116 valence electrons. The normalized spacial score (nSPS) is 11.9. The van der Waals surface area contributed by atoms with Gasteiger partial charge in [-0.2, -0.15) is 0 Å². The smallest absolute Gasteiger partial charge is 0.216 e. The molecule has 7 heteroatoms. The van der Waals surface area contributed by atoms with Crippen molar-refractivity contribution in [1.29, 1.82) is 0 Å². The number of aromatic amines is 1. The minimum Gasteiger partial charge on any atom is -0.497 e. The van der Waals surface area contributed by atoms with Gasteiger partial charge in [0.25, 0.3) is 0 Å². The van der Waals surface area contributed by atoms with Gasteiger partial charge in [0.15, 0.2) is 0 Å². The number of nitrogens with one attached hydrogen (secondary N) is 1. The molecule has 0 amide bonds. The van der Waals surface area contributed by atoms with Crippen LogP contribution in [-0.4, -0.2) is 27.1 Å². The summed E-state index contributed by atoms with van der Waals surface area (Å²) in [6.45, 7) is 0.529. The summed E-state index contributed by atoms with van der Waals surface area (Å²) in [4.78, 5) is 4.20. The molecule has 0 saturated heterocycles. The lowest BCUT2D eigenvalue weighted by Gasteiger charge is -2.04. The third kappa shape index (κ3) is 2.51. The maximum atomic E-state index is 12.8. The average Bonchev–Trinajstić information content (AvgIpc) is 3.10. The van der Waals surface area contributed by atoms with E-state index in [9.17, 15) is 8.42 Å². The highest BCUT2D eigenvalue weighted by Gasteiger charge is 2.22. The van der Waals surface area contributed by atoms with Gasteiger partial charge in [0.2, 0.25) is 9.84 Å². The standard InChI is InChI=1S/C15H16N2O3S2/c1-20-11-3-2-4-12(7-11)22(18,19)14-8-13-10(5-6-16)9-17-15(13)21-14/h2-4,7-9,17H,5-6,16H2,1H3. The number of hydrogen-bond donors (Lipinski definition) is 2. The zero-order valence-corrected chi connectivity index (χ0v) is 13.6. The first kappa shape index (κ1) is 15.1. The highest BCUT2D eigenvalue weighted by molar-refractivity contribution is 7.93. The van der Waals surface area contributed by atoms with Crippen LogP contribution >= 0.6 is 11.3 Å². The van der Waals surface area contributed by atoms with Crippen LogP contribution in [0.25, 0.3) is 10.2 Å². The highest BCUT2D eigenvalue weighted by atomic mass is 32.2. The number of nitrogens with two attached hydrogens (primary N) is 1. The molecule has 0 saturated carbocycles. The zero-order chi connectivity index (χ0) is 15.7. The van der Waals surface area contributed by atoms with E-state index in [1.807, 2.05) is 6.20 Å². The van der Waals surface area contributed by atoms with Gasteiger partial charge in [-0.25, -0.2) is 8.42 Å². The van der Waals surface area contributed by atoms with E-state index in [0.29, 0.717) is 16.5 Å². The van der Waals surface area contributed by atoms with E-state index >= 15 is 0 Å². The fourth-order valence-electron chi connectivity index (χ4n) is 2.32. The summed E-state index contributed by atoms with van der Waals surface area (Å²) in [5.74, 6) is 0.520. The van der Waals surface area contributed by atoms with Crippen molar-refractivity contribution in [2.24, 2.45) is 5.73 Å². The topological polar surface area (TPSA) is 85.2 Å². The first-order valence-corrected chi connectivity index (χ1v) is 9.05. The average molecular weight is 336 g/mol. The molecule has 0 fully saturated rings. The number of fused-ring (bicyclic) bond motifs is 1. The van der Waals surface area contributed by atoms with E-state index in [-0.39, 0.29) is 4.90 Å². The van der Waals surface area contributed by atoms with Crippen LogP contribution < -0.4 is 10.5 Å². The van der Waals surface area contributed by atoms with Gasteiger partial charge in [0.1, 0.15) is 14.8 Å². The summed E-state index contributed by atoms with van der Waals surface area (Å²) < 4.78 is 30.9. The number of aromatic nitrogens is 1. The van der Waals surface area contributed by atoms with Gasteiger partial charge in [0.05, 0.1) is 12.0 Å². The quantitative estimate of drug-likeness (QED) is 0.750. The summed E-state index contributed by atoms with van der Waals surface area (Å²) in [5, 5.41) is 0.928. The second kappa shape index (κ2) is 5.75. The molecular formula is C15H16N2O3S2. The largest absolute Gasteiger partial charge is 0.497 e.